The third-order valence-electron chi connectivity index (χ3n) is 4.11. The Morgan fingerprint density at radius 3 is 2.80 bits per heavy atom. The molecule has 3 rings (SSSR count). The van der Waals surface area contributed by atoms with Crippen LogP contribution < -0.4 is 11.1 Å². The summed E-state index contributed by atoms with van der Waals surface area (Å²) in [4.78, 5) is 15.8. The van der Waals surface area contributed by atoms with Crippen molar-refractivity contribution in [2.24, 2.45) is 5.73 Å². The summed E-state index contributed by atoms with van der Waals surface area (Å²) >= 11 is 0. The number of pyridine rings is 1. The maximum atomic E-state index is 11.3. The lowest BCUT2D eigenvalue weighted by Gasteiger charge is -2.13. The van der Waals surface area contributed by atoms with Crippen LogP contribution in [-0.2, 0) is 6.54 Å². The number of aryl methyl sites for hydroxylation is 2. The maximum Gasteiger partial charge on any atom is 0.248 e. The number of nitrogens with zero attached hydrogens (tertiary/aromatic N) is 2. The topological polar surface area (TPSA) is 91.8 Å². The number of hydrogen-bond donors (Lipinski definition) is 2. The molecule has 0 aliphatic rings. The van der Waals surface area contributed by atoms with Gasteiger partial charge in [-0.3, -0.25) is 9.78 Å². The van der Waals surface area contributed by atoms with Crippen LogP contribution in [0.25, 0.3) is 10.9 Å². The minimum Gasteiger partial charge on any atom is -0.379 e. The number of amides is 1. The van der Waals surface area contributed by atoms with Crippen LogP contribution in [0.15, 0.2) is 42.6 Å². The molecular formula is C20H18N4O. The summed E-state index contributed by atoms with van der Waals surface area (Å²) in [5.74, 6) is -0.458. The molecule has 124 valence electrons. The van der Waals surface area contributed by atoms with Gasteiger partial charge >= 0.3 is 0 Å². The Balaban J connectivity index is 2.02. The average molecular weight is 330 g/mol. The minimum absolute atomic E-state index is 0.458. The molecule has 0 unspecified atom stereocenters. The summed E-state index contributed by atoms with van der Waals surface area (Å²) in [6.45, 7) is 4.50. The van der Waals surface area contributed by atoms with Crippen molar-refractivity contribution in [1.29, 1.82) is 5.26 Å². The van der Waals surface area contributed by atoms with Crippen molar-refractivity contribution in [3.63, 3.8) is 0 Å². The van der Waals surface area contributed by atoms with Gasteiger partial charge in [-0.05, 0) is 43.2 Å². The second-order valence-corrected chi connectivity index (χ2v) is 6.05. The number of carbonyl (C=O) groups excluding carboxylic acids is 1. The molecule has 2 aromatic carbocycles. The number of fused-ring (bicyclic) bond motifs is 1. The summed E-state index contributed by atoms with van der Waals surface area (Å²) in [7, 11) is 0. The number of primary amides is 1. The number of benzene rings is 2. The van der Waals surface area contributed by atoms with Gasteiger partial charge in [-0.15, -0.1) is 0 Å². The predicted molar refractivity (Wildman–Crippen MR) is 98.2 cm³/mol. The Morgan fingerprint density at radius 1 is 1.28 bits per heavy atom. The number of nitriles is 1. The van der Waals surface area contributed by atoms with Gasteiger partial charge in [0, 0.05) is 23.7 Å². The van der Waals surface area contributed by atoms with E-state index in [9.17, 15) is 10.1 Å². The summed E-state index contributed by atoms with van der Waals surface area (Å²) < 4.78 is 0. The molecule has 25 heavy (non-hydrogen) atoms. The second-order valence-electron chi connectivity index (χ2n) is 6.05. The highest BCUT2D eigenvalue weighted by Gasteiger charge is 2.11. The lowest BCUT2D eigenvalue weighted by molar-refractivity contribution is 0.1000. The molecule has 0 saturated carbocycles. The fourth-order valence-electron chi connectivity index (χ4n) is 2.96. The van der Waals surface area contributed by atoms with Crippen molar-refractivity contribution in [2.45, 2.75) is 20.4 Å². The van der Waals surface area contributed by atoms with Gasteiger partial charge in [-0.2, -0.15) is 5.26 Å². The Kier molecular flexibility index (Phi) is 4.36. The van der Waals surface area contributed by atoms with E-state index in [0.717, 1.165) is 33.3 Å². The molecule has 3 aromatic rings. The van der Waals surface area contributed by atoms with Crippen LogP contribution in [0.4, 0.5) is 5.69 Å². The number of nitrogens with one attached hydrogen (secondary N) is 1. The van der Waals surface area contributed by atoms with Crippen molar-refractivity contribution in [2.75, 3.05) is 5.32 Å². The number of anilines is 1. The zero-order valence-corrected chi connectivity index (χ0v) is 14.1. The maximum absolute atomic E-state index is 11.3. The number of carbonyl (C=O) groups is 1. The van der Waals surface area contributed by atoms with Gasteiger partial charge in [0.05, 0.1) is 16.8 Å². The number of rotatable bonds is 4. The van der Waals surface area contributed by atoms with E-state index in [0.29, 0.717) is 17.7 Å². The van der Waals surface area contributed by atoms with E-state index in [1.54, 1.807) is 24.4 Å². The Morgan fingerprint density at radius 2 is 2.08 bits per heavy atom. The minimum atomic E-state index is -0.458. The van der Waals surface area contributed by atoms with Crippen LogP contribution in [0.1, 0.15) is 32.6 Å². The van der Waals surface area contributed by atoms with Gasteiger partial charge in [0.2, 0.25) is 5.91 Å². The molecule has 0 spiro atoms. The van der Waals surface area contributed by atoms with E-state index >= 15 is 0 Å². The number of hydrogen-bond acceptors (Lipinski definition) is 4. The third kappa shape index (κ3) is 3.29. The first-order chi connectivity index (χ1) is 12.0. The van der Waals surface area contributed by atoms with Crippen molar-refractivity contribution in [3.05, 3.63) is 70.4 Å². The van der Waals surface area contributed by atoms with E-state index in [2.05, 4.69) is 22.4 Å². The van der Waals surface area contributed by atoms with Crippen molar-refractivity contribution in [1.82, 2.24) is 4.98 Å². The molecular weight excluding hydrogens is 312 g/mol. The van der Waals surface area contributed by atoms with Gasteiger partial charge in [-0.1, -0.05) is 23.8 Å². The smallest absolute Gasteiger partial charge is 0.248 e. The van der Waals surface area contributed by atoms with E-state index < -0.39 is 5.91 Å². The highest BCUT2D eigenvalue weighted by molar-refractivity contribution is 5.96. The molecule has 1 aromatic heterocycles. The van der Waals surface area contributed by atoms with E-state index in [1.165, 1.54) is 0 Å². The largest absolute Gasteiger partial charge is 0.379 e. The second kappa shape index (κ2) is 6.62. The number of nitrogens with two attached hydrogens (primary N) is 1. The standard InChI is InChI=1S/C20H18N4O/c1-12-6-13(2)18-17(7-12)19(16(9-21)11-24-18)23-10-14-4-3-5-15(8-14)20(22)25/h3-8,11H,10H2,1-2H3,(H2,22,25)(H,23,24). The zero-order chi connectivity index (χ0) is 18.0. The monoisotopic (exact) mass is 330 g/mol. The Bertz CT molecular complexity index is 1020. The van der Waals surface area contributed by atoms with Crippen molar-refractivity contribution >= 4 is 22.5 Å². The predicted octanol–water partition coefficient (Wildman–Crippen LogP) is 3.43. The van der Waals surface area contributed by atoms with Crippen LogP contribution in [-0.4, -0.2) is 10.9 Å². The van der Waals surface area contributed by atoms with Gasteiger partial charge in [0.1, 0.15) is 6.07 Å². The van der Waals surface area contributed by atoms with Crippen LogP contribution in [0, 0.1) is 25.2 Å². The molecule has 5 heteroatoms. The van der Waals surface area contributed by atoms with E-state index in [-0.39, 0.29) is 0 Å². The molecule has 1 amide bonds. The highest BCUT2D eigenvalue weighted by atomic mass is 16.1. The molecule has 0 saturated heterocycles. The van der Waals surface area contributed by atoms with Crippen molar-refractivity contribution < 1.29 is 4.79 Å². The molecule has 3 N–H and O–H groups in total. The van der Waals surface area contributed by atoms with Crippen LogP contribution in [0.5, 0.6) is 0 Å². The first kappa shape index (κ1) is 16.5. The van der Waals surface area contributed by atoms with Gasteiger partial charge in [-0.25, -0.2) is 0 Å². The highest BCUT2D eigenvalue weighted by Crippen LogP contribution is 2.29. The SMILES string of the molecule is Cc1cc(C)c2ncc(C#N)c(NCc3cccc(C(N)=O)c3)c2c1. The molecule has 0 atom stereocenters. The van der Waals surface area contributed by atoms with Crippen LogP contribution in [0.3, 0.4) is 0 Å². The van der Waals surface area contributed by atoms with Gasteiger partial charge < -0.3 is 11.1 Å². The lowest BCUT2D eigenvalue weighted by Crippen LogP contribution is -2.11. The average Bonchev–Trinajstić information content (AvgIpc) is 2.59. The Hall–Kier alpha value is -3.39. The molecule has 0 aliphatic carbocycles. The molecule has 0 bridgehead atoms. The molecule has 0 radical (unpaired) electrons. The lowest BCUT2D eigenvalue weighted by atomic mass is 10.0. The molecule has 0 aliphatic heterocycles. The van der Waals surface area contributed by atoms with E-state index in [4.69, 9.17) is 5.73 Å². The summed E-state index contributed by atoms with van der Waals surface area (Å²) in [5.41, 5.74) is 11.0. The normalized spacial score (nSPS) is 10.4. The van der Waals surface area contributed by atoms with E-state index in [1.807, 2.05) is 26.0 Å². The number of aromatic nitrogens is 1. The Labute approximate surface area is 146 Å². The quantitative estimate of drug-likeness (QED) is 0.766. The van der Waals surface area contributed by atoms with Crippen LogP contribution in [0.2, 0.25) is 0 Å². The zero-order valence-electron chi connectivity index (χ0n) is 14.1. The van der Waals surface area contributed by atoms with Crippen molar-refractivity contribution in [3.8, 4) is 6.07 Å². The van der Waals surface area contributed by atoms with Crippen LogP contribution >= 0.6 is 0 Å². The molecule has 1 heterocycles. The first-order valence-electron chi connectivity index (χ1n) is 7.92. The summed E-state index contributed by atoms with van der Waals surface area (Å²) in [6, 6.07) is 13.4. The fourth-order valence-corrected chi connectivity index (χ4v) is 2.96. The first-order valence-corrected chi connectivity index (χ1v) is 7.92. The molecule has 0 fully saturated rings. The molecule has 5 nitrogen and oxygen atoms in total. The third-order valence-corrected chi connectivity index (χ3v) is 4.11. The van der Waals surface area contributed by atoms with Gasteiger partial charge in [0.15, 0.2) is 0 Å². The van der Waals surface area contributed by atoms with Gasteiger partial charge in [0.25, 0.3) is 0 Å². The fraction of sp³-hybridized carbons (Fsp3) is 0.150. The summed E-state index contributed by atoms with van der Waals surface area (Å²) in [6.07, 6.45) is 1.59. The summed E-state index contributed by atoms with van der Waals surface area (Å²) in [5, 5.41) is 13.7.